The molecular formula is C15H21ClN2. The Morgan fingerprint density at radius 3 is 2.94 bits per heavy atom. The minimum absolute atomic E-state index is 0.610. The molecule has 2 aliphatic rings. The molecule has 1 aromatic rings. The second kappa shape index (κ2) is 5.20. The van der Waals surface area contributed by atoms with Crippen molar-refractivity contribution in [2.75, 3.05) is 13.1 Å². The zero-order valence-corrected chi connectivity index (χ0v) is 11.7. The van der Waals surface area contributed by atoms with Crippen molar-refractivity contribution in [3.05, 3.63) is 34.9 Å². The van der Waals surface area contributed by atoms with E-state index in [1.54, 1.807) is 0 Å². The van der Waals surface area contributed by atoms with Crippen LogP contribution in [0, 0.1) is 5.92 Å². The lowest BCUT2D eigenvalue weighted by molar-refractivity contribution is 0.125. The van der Waals surface area contributed by atoms with Gasteiger partial charge in [-0.1, -0.05) is 23.7 Å². The molecule has 0 bridgehead atoms. The number of halogens is 1. The molecule has 1 heterocycles. The van der Waals surface area contributed by atoms with Gasteiger partial charge in [0, 0.05) is 36.7 Å². The number of benzene rings is 1. The van der Waals surface area contributed by atoms with E-state index in [0.717, 1.165) is 24.0 Å². The zero-order chi connectivity index (χ0) is 12.5. The van der Waals surface area contributed by atoms with Crippen LogP contribution in [0.2, 0.25) is 5.02 Å². The molecule has 2 fully saturated rings. The number of hydrogen-bond acceptors (Lipinski definition) is 2. The van der Waals surface area contributed by atoms with E-state index in [1.807, 2.05) is 12.1 Å². The Balaban J connectivity index is 1.66. The van der Waals surface area contributed by atoms with E-state index in [4.69, 9.17) is 11.6 Å². The molecule has 2 nitrogen and oxygen atoms in total. The summed E-state index contributed by atoms with van der Waals surface area (Å²) in [5.74, 6) is 0.930. The molecular weight excluding hydrogens is 244 g/mol. The standard InChI is InChI=1S/C15H21ClN2/c1-11-8-17-15(13-5-6-13)10-18(11)9-12-3-2-4-14(16)7-12/h2-4,7,11,13,15,17H,5-6,8-10H2,1H3. The van der Waals surface area contributed by atoms with E-state index >= 15 is 0 Å². The first-order valence-electron chi connectivity index (χ1n) is 6.94. The third-order valence-corrected chi connectivity index (χ3v) is 4.43. The lowest BCUT2D eigenvalue weighted by Crippen LogP contribution is -2.55. The highest BCUT2D eigenvalue weighted by molar-refractivity contribution is 6.30. The molecule has 0 radical (unpaired) electrons. The fourth-order valence-electron chi connectivity index (χ4n) is 2.85. The van der Waals surface area contributed by atoms with Crippen molar-refractivity contribution in [1.82, 2.24) is 10.2 Å². The Hall–Kier alpha value is -0.570. The van der Waals surface area contributed by atoms with E-state index in [9.17, 15) is 0 Å². The summed E-state index contributed by atoms with van der Waals surface area (Å²) in [6.45, 7) is 5.62. The topological polar surface area (TPSA) is 15.3 Å². The third-order valence-electron chi connectivity index (χ3n) is 4.20. The van der Waals surface area contributed by atoms with E-state index in [0.29, 0.717) is 12.1 Å². The van der Waals surface area contributed by atoms with Gasteiger partial charge in [-0.3, -0.25) is 4.90 Å². The van der Waals surface area contributed by atoms with Crippen molar-refractivity contribution in [2.24, 2.45) is 5.92 Å². The molecule has 1 saturated carbocycles. The Morgan fingerprint density at radius 1 is 1.39 bits per heavy atom. The Morgan fingerprint density at radius 2 is 2.22 bits per heavy atom. The minimum atomic E-state index is 0.610. The molecule has 0 aromatic heterocycles. The minimum Gasteiger partial charge on any atom is -0.311 e. The molecule has 1 saturated heterocycles. The van der Waals surface area contributed by atoms with Crippen LogP contribution in [-0.4, -0.2) is 30.1 Å². The average Bonchev–Trinajstić information content (AvgIpc) is 3.16. The molecule has 1 aliphatic carbocycles. The summed E-state index contributed by atoms with van der Waals surface area (Å²) in [5, 5.41) is 4.53. The summed E-state index contributed by atoms with van der Waals surface area (Å²) in [6, 6.07) is 9.57. The van der Waals surface area contributed by atoms with Crippen LogP contribution in [-0.2, 0) is 6.54 Å². The van der Waals surface area contributed by atoms with E-state index in [2.05, 4.69) is 29.3 Å². The molecule has 2 unspecified atom stereocenters. The highest BCUT2D eigenvalue weighted by Crippen LogP contribution is 2.34. The van der Waals surface area contributed by atoms with E-state index in [1.165, 1.54) is 24.9 Å². The smallest absolute Gasteiger partial charge is 0.0409 e. The highest BCUT2D eigenvalue weighted by Gasteiger charge is 2.35. The molecule has 3 heteroatoms. The molecule has 98 valence electrons. The maximum Gasteiger partial charge on any atom is 0.0409 e. The second-order valence-corrected chi connectivity index (χ2v) is 6.20. The SMILES string of the molecule is CC1CNC(C2CC2)CN1Cc1cccc(Cl)c1. The van der Waals surface area contributed by atoms with Gasteiger partial charge in [0.1, 0.15) is 0 Å². The average molecular weight is 265 g/mol. The van der Waals surface area contributed by atoms with Gasteiger partial charge in [-0.2, -0.15) is 0 Å². The number of nitrogens with zero attached hydrogens (tertiary/aromatic N) is 1. The van der Waals surface area contributed by atoms with Crippen LogP contribution < -0.4 is 5.32 Å². The summed E-state index contributed by atoms with van der Waals surface area (Å²) < 4.78 is 0. The van der Waals surface area contributed by atoms with Crippen molar-refractivity contribution in [3.8, 4) is 0 Å². The summed E-state index contributed by atoms with van der Waals surface area (Å²) in [5.41, 5.74) is 1.32. The van der Waals surface area contributed by atoms with Crippen LogP contribution in [0.25, 0.3) is 0 Å². The first kappa shape index (κ1) is 12.5. The van der Waals surface area contributed by atoms with Gasteiger partial charge in [0.15, 0.2) is 0 Å². The first-order valence-corrected chi connectivity index (χ1v) is 7.32. The van der Waals surface area contributed by atoms with Gasteiger partial charge < -0.3 is 5.32 Å². The number of hydrogen-bond donors (Lipinski definition) is 1. The van der Waals surface area contributed by atoms with Crippen LogP contribution >= 0.6 is 11.6 Å². The van der Waals surface area contributed by atoms with Gasteiger partial charge in [0.05, 0.1) is 0 Å². The predicted octanol–water partition coefficient (Wildman–Crippen LogP) is 2.91. The number of nitrogens with one attached hydrogen (secondary N) is 1. The number of rotatable bonds is 3. The molecule has 1 aromatic carbocycles. The van der Waals surface area contributed by atoms with Crippen LogP contribution in [0.15, 0.2) is 24.3 Å². The quantitative estimate of drug-likeness (QED) is 0.903. The molecule has 0 spiro atoms. The summed E-state index contributed by atoms with van der Waals surface area (Å²) in [4.78, 5) is 2.59. The lowest BCUT2D eigenvalue weighted by Gasteiger charge is -2.39. The van der Waals surface area contributed by atoms with Gasteiger partial charge in [0.25, 0.3) is 0 Å². The number of piperazine rings is 1. The normalized spacial score (nSPS) is 29.4. The summed E-state index contributed by atoms with van der Waals surface area (Å²) >= 11 is 6.06. The van der Waals surface area contributed by atoms with Gasteiger partial charge in [0.2, 0.25) is 0 Å². The van der Waals surface area contributed by atoms with Gasteiger partial charge in [-0.25, -0.2) is 0 Å². The first-order chi connectivity index (χ1) is 8.72. The van der Waals surface area contributed by atoms with Crippen LogP contribution in [0.5, 0.6) is 0 Å². The van der Waals surface area contributed by atoms with Crippen molar-refractivity contribution in [2.45, 2.75) is 38.4 Å². The van der Waals surface area contributed by atoms with Crippen molar-refractivity contribution in [3.63, 3.8) is 0 Å². The molecule has 1 aliphatic heterocycles. The van der Waals surface area contributed by atoms with Crippen molar-refractivity contribution < 1.29 is 0 Å². The maximum atomic E-state index is 6.06. The molecule has 3 rings (SSSR count). The maximum absolute atomic E-state index is 6.06. The van der Waals surface area contributed by atoms with Gasteiger partial charge in [-0.15, -0.1) is 0 Å². The van der Waals surface area contributed by atoms with Gasteiger partial charge >= 0.3 is 0 Å². The van der Waals surface area contributed by atoms with E-state index < -0.39 is 0 Å². The third kappa shape index (κ3) is 2.87. The van der Waals surface area contributed by atoms with Crippen LogP contribution in [0.3, 0.4) is 0 Å². The highest BCUT2D eigenvalue weighted by atomic mass is 35.5. The fraction of sp³-hybridized carbons (Fsp3) is 0.600. The van der Waals surface area contributed by atoms with Crippen molar-refractivity contribution in [1.29, 1.82) is 0 Å². The lowest BCUT2D eigenvalue weighted by atomic mass is 10.1. The van der Waals surface area contributed by atoms with Crippen molar-refractivity contribution >= 4 is 11.6 Å². The monoisotopic (exact) mass is 264 g/mol. The fourth-order valence-corrected chi connectivity index (χ4v) is 3.07. The Labute approximate surface area is 114 Å². The molecule has 0 amide bonds. The van der Waals surface area contributed by atoms with Gasteiger partial charge in [-0.05, 0) is 43.4 Å². The zero-order valence-electron chi connectivity index (χ0n) is 10.9. The second-order valence-electron chi connectivity index (χ2n) is 5.76. The Bertz CT molecular complexity index is 417. The summed E-state index contributed by atoms with van der Waals surface area (Å²) in [7, 11) is 0. The largest absolute Gasteiger partial charge is 0.311 e. The molecule has 18 heavy (non-hydrogen) atoms. The van der Waals surface area contributed by atoms with Crippen LogP contribution in [0.1, 0.15) is 25.3 Å². The molecule has 2 atom stereocenters. The predicted molar refractivity (Wildman–Crippen MR) is 75.8 cm³/mol. The molecule has 1 N–H and O–H groups in total. The van der Waals surface area contributed by atoms with E-state index in [-0.39, 0.29) is 0 Å². The summed E-state index contributed by atoms with van der Waals surface area (Å²) in [6.07, 6.45) is 2.83. The Kier molecular flexibility index (Phi) is 3.60. The van der Waals surface area contributed by atoms with Crippen LogP contribution in [0.4, 0.5) is 0 Å².